The minimum absolute atomic E-state index is 0.0817. The zero-order valence-electron chi connectivity index (χ0n) is 11.4. The Kier molecular flexibility index (Phi) is 3.27. The molecule has 3 rings (SSSR count). The number of amides is 1. The molecule has 1 amide bonds. The van der Waals surface area contributed by atoms with E-state index < -0.39 is 11.5 Å². The van der Waals surface area contributed by atoms with E-state index in [0.717, 1.165) is 56.8 Å². The van der Waals surface area contributed by atoms with Crippen molar-refractivity contribution >= 4 is 11.9 Å². The molecule has 0 aromatic heterocycles. The van der Waals surface area contributed by atoms with Crippen molar-refractivity contribution in [3.05, 3.63) is 0 Å². The van der Waals surface area contributed by atoms with Gasteiger partial charge in [-0.3, -0.25) is 9.59 Å². The van der Waals surface area contributed by atoms with Crippen molar-refractivity contribution < 1.29 is 14.7 Å². The summed E-state index contributed by atoms with van der Waals surface area (Å²) < 4.78 is 0. The second-order valence-corrected chi connectivity index (χ2v) is 6.82. The lowest BCUT2D eigenvalue weighted by Crippen LogP contribution is -2.52. The highest BCUT2D eigenvalue weighted by atomic mass is 16.4. The Morgan fingerprint density at radius 3 is 2.26 bits per heavy atom. The third-order valence-corrected chi connectivity index (χ3v) is 5.30. The van der Waals surface area contributed by atoms with Gasteiger partial charge in [-0.1, -0.05) is 19.3 Å². The number of hydrogen-bond donors (Lipinski definition) is 2. The molecule has 0 bridgehead atoms. The summed E-state index contributed by atoms with van der Waals surface area (Å²) >= 11 is 0. The maximum Gasteiger partial charge on any atom is 0.305 e. The monoisotopic (exact) mass is 265 g/mol. The molecule has 3 aliphatic carbocycles. The molecule has 0 aliphatic heterocycles. The van der Waals surface area contributed by atoms with E-state index in [1.54, 1.807) is 0 Å². The van der Waals surface area contributed by atoms with Crippen LogP contribution in [0.1, 0.15) is 57.8 Å². The summed E-state index contributed by atoms with van der Waals surface area (Å²) in [6, 6.07) is 0. The van der Waals surface area contributed by atoms with Crippen LogP contribution in [0.2, 0.25) is 0 Å². The number of carboxylic acid groups (broad SMARTS) is 1. The Morgan fingerprint density at radius 1 is 1.05 bits per heavy atom. The molecule has 106 valence electrons. The lowest BCUT2D eigenvalue weighted by Gasteiger charge is -2.38. The van der Waals surface area contributed by atoms with Gasteiger partial charge >= 0.3 is 5.97 Å². The molecule has 4 heteroatoms. The number of nitrogens with one attached hydrogen (secondary N) is 1. The largest absolute Gasteiger partial charge is 0.481 e. The third-order valence-electron chi connectivity index (χ3n) is 5.30. The molecule has 3 aliphatic rings. The number of fused-ring (bicyclic) bond motifs is 1. The fourth-order valence-corrected chi connectivity index (χ4v) is 4.16. The maximum atomic E-state index is 12.4. The second-order valence-electron chi connectivity index (χ2n) is 6.82. The van der Waals surface area contributed by atoms with E-state index in [1.807, 2.05) is 0 Å². The minimum Gasteiger partial charge on any atom is -0.481 e. The van der Waals surface area contributed by atoms with Crippen LogP contribution in [-0.2, 0) is 9.59 Å². The fourth-order valence-electron chi connectivity index (χ4n) is 4.16. The summed E-state index contributed by atoms with van der Waals surface area (Å²) in [5.41, 5.74) is -0.464. The summed E-state index contributed by atoms with van der Waals surface area (Å²) in [7, 11) is 0. The quantitative estimate of drug-likeness (QED) is 0.819. The smallest absolute Gasteiger partial charge is 0.305 e. The molecule has 2 unspecified atom stereocenters. The van der Waals surface area contributed by atoms with Crippen LogP contribution in [0.5, 0.6) is 0 Å². The molecule has 3 fully saturated rings. The topological polar surface area (TPSA) is 66.4 Å². The van der Waals surface area contributed by atoms with Crippen molar-refractivity contribution in [1.82, 2.24) is 5.32 Å². The minimum atomic E-state index is -0.795. The van der Waals surface area contributed by atoms with Crippen molar-refractivity contribution in [2.75, 3.05) is 0 Å². The van der Waals surface area contributed by atoms with Crippen LogP contribution in [0.25, 0.3) is 0 Å². The molecule has 0 aromatic carbocycles. The van der Waals surface area contributed by atoms with Gasteiger partial charge in [-0.05, 0) is 43.9 Å². The van der Waals surface area contributed by atoms with Crippen molar-refractivity contribution in [3.63, 3.8) is 0 Å². The van der Waals surface area contributed by atoms with Crippen molar-refractivity contribution in [2.45, 2.75) is 63.3 Å². The molecule has 2 atom stereocenters. The zero-order valence-corrected chi connectivity index (χ0v) is 11.4. The molecule has 0 saturated heterocycles. The van der Waals surface area contributed by atoms with Gasteiger partial charge in [0.1, 0.15) is 0 Å². The molecule has 0 heterocycles. The Hall–Kier alpha value is -1.06. The third kappa shape index (κ3) is 2.77. The number of carbonyl (C=O) groups is 2. The van der Waals surface area contributed by atoms with Crippen LogP contribution < -0.4 is 5.32 Å². The summed E-state index contributed by atoms with van der Waals surface area (Å²) in [4.78, 5) is 23.4. The van der Waals surface area contributed by atoms with E-state index in [-0.39, 0.29) is 18.2 Å². The molecule has 19 heavy (non-hydrogen) atoms. The highest BCUT2D eigenvalue weighted by Gasteiger charge is 2.49. The Morgan fingerprint density at radius 2 is 1.68 bits per heavy atom. The van der Waals surface area contributed by atoms with E-state index >= 15 is 0 Å². The van der Waals surface area contributed by atoms with Crippen LogP contribution in [0.3, 0.4) is 0 Å². The first-order chi connectivity index (χ1) is 9.08. The van der Waals surface area contributed by atoms with Gasteiger partial charge in [0.15, 0.2) is 0 Å². The fraction of sp³-hybridized carbons (Fsp3) is 0.867. The molecule has 3 saturated carbocycles. The van der Waals surface area contributed by atoms with Gasteiger partial charge in [0.2, 0.25) is 5.91 Å². The van der Waals surface area contributed by atoms with Gasteiger partial charge in [0.05, 0.1) is 12.0 Å². The second kappa shape index (κ2) is 4.80. The summed E-state index contributed by atoms with van der Waals surface area (Å²) in [6.45, 7) is 0. The van der Waals surface area contributed by atoms with E-state index in [1.165, 1.54) is 6.42 Å². The standard InChI is InChI=1S/C15H23NO3/c17-13(18)9-15(4-2-1-3-5-15)16-14(19)12-7-10-6-11(10)8-12/h10-12H,1-9H2,(H,16,19)(H,17,18). The molecular weight excluding hydrogens is 242 g/mol. The van der Waals surface area contributed by atoms with E-state index in [0.29, 0.717) is 0 Å². The Balaban J connectivity index is 1.62. The Labute approximate surface area is 113 Å². The van der Waals surface area contributed by atoms with E-state index in [4.69, 9.17) is 5.11 Å². The lowest BCUT2D eigenvalue weighted by atomic mass is 9.78. The molecule has 0 aromatic rings. The summed E-state index contributed by atoms with van der Waals surface area (Å²) in [5, 5.41) is 12.2. The Bertz CT molecular complexity index is 377. The van der Waals surface area contributed by atoms with Gasteiger partial charge in [-0.25, -0.2) is 0 Å². The average Bonchev–Trinajstić information content (AvgIpc) is 2.96. The first kappa shape index (κ1) is 12.9. The maximum absolute atomic E-state index is 12.4. The molecule has 0 radical (unpaired) electrons. The van der Waals surface area contributed by atoms with Crippen molar-refractivity contribution in [2.24, 2.45) is 17.8 Å². The van der Waals surface area contributed by atoms with Gasteiger partial charge in [-0.2, -0.15) is 0 Å². The number of carbonyl (C=O) groups excluding carboxylic acids is 1. The van der Waals surface area contributed by atoms with Crippen molar-refractivity contribution in [3.8, 4) is 0 Å². The summed E-state index contributed by atoms with van der Waals surface area (Å²) in [6.07, 6.45) is 8.31. The van der Waals surface area contributed by atoms with Crippen LogP contribution in [0, 0.1) is 17.8 Å². The SMILES string of the molecule is O=C(O)CC1(NC(=O)C2CC3CC3C2)CCCCC1. The van der Waals surface area contributed by atoms with E-state index in [2.05, 4.69) is 5.32 Å². The number of aliphatic carboxylic acids is 1. The lowest BCUT2D eigenvalue weighted by molar-refractivity contribution is -0.140. The van der Waals surface area contributed by atoms with E-state index in [9.17, 15) is 9.59 Å². The van der Waals surface area contributed by atoms with Crippen LogP contribution in [0.15, 0.2) is 0 Å². The van der Waals surface area contributed by atoms with Gasteiger partial charge in [0.25, 0.3) is 0 Å². The molecule has 0 spiro atoms. The molecular formula is C15H23NO3. The van der Waals surface area contributed by atoms with Crippen LogP contribution in [-0.4, -0.2) is 22.5 Å². The first-order valence-electron chi connectivity index (χ1n) is 7.62. The predicted molar refractivity (Wildman–Crippen MR) is 70.5 cm³/mol. The number of hydrogen-bond acceptors (Lipinski definition) is 2. The van der Waals surface area contributed by atoms with Gasteiger partial charge in [-0.15, -0.1) is 0 Å². The number of rotatable bonds is 4. The molecule has 2 N–H and O–H groups in total. The van der Waals surface area contributed by atoms with Gasteiger partial charge in [0, 0.05) is 5.92 Å². The van der Waals surface area contributed by atoms with Crippen LogP contribution in [0.4, 0.5) is 0 Å². The summed E-state index contributed by atoms with van der Waals surface area (Å²) in [5.74, 6) is 1.05. The van der Waals surface area contributed by atoms with Crippen molar-refractivity contribution in [1.29, 1.82) is 0 Å². The highest BCUT2D eigenvalue weighted by molar-refractivity contribution is 5.81. The predicted octanol–water partition coefficient (Wildman–Crippen LogP) is 2.33. The average molecular weight is 265 g/mol. The molecule has 4 nitrogen and oxygen atoms in total. The number of carboxylic acids is 1. The zero-order chi connectivity index (χ0) is 13.5. The highest BCUT2D eigenvalue weighted by Crippen LogP contribution is 2.54. The first-order valence-corrected chi connectivity index (χ1v) is 7.62. The van der Waals surface area contributed by atoms with Gasteiger partial charge < -0.3 is 10.4 Å². The normalized spacial score (nSPS) is 35.5. The van der Waals surface area contributed by atoms with Crippen LogP contribution >= 0.6 is 0 Å².